The van der Waals surface area contributed by atoms with E-state index in [1.54, 1.807) is 11.4 Å². The van der Waals surface area contributed by atoms with Crippen LogP contribution in [0.2, 0.25) is 0 Å². The fourth-order valence-corrected chi connectivity index (χ4v) is 2.99. The van der Waals surface area contributed by atoms with E-state index in [2.05, 4.69) is 5.32 Å². The lowest BCUT2D eigenvalue weighted by atomic mass is 10.2. The van der Waals surface area contributed by atoms with Gasteiger partial charge in [-0.1, -0.05) is 17.4 Å². The van der Waals surface area contributed by atoms with Crippen molar-refractivity contribution in [2.24, 2.45) is 5.14 Å². The van der Waals surface area contributed by atoms with Crippen LogP contribution in [0.3, 0.4) is 0 Å². The Balaban J connectivity index is 2.17. The van der Waals surface area contributed by atoms with E-state index in [0.29, 0.717) is 12.2 Å². The predicted octanol–water partition coefficient (Wildman–Crippen LogP) is 2.22. The predicted molar refractivity (Wildman–Crippen MR) is 80.9 cm³/mol. The third kappa shape index (κ3) is 3.78. The monoisotopic (exact) mass is 327 g/mol. The van der Waals surface area contributed by atoms with Crippen LogP contribution in [0.15, 0.2) is 34.5 Å². The largest absolute Gasteiger partial charge is 0.381 e. The molecule has 0 saturated heterocycles. The zero-order valence-electron chi connectivity index (χ0n) is 11.1. The van der Waals surface area contributed by atoms with Crippen molar-refractivity contribution in [3.63, 3.8) is 0 Å². The van der Waals surface area contributed by atoms with Crippen molar-refractivity contribution in [2.75, 3.05) is 5.32 Å². The molecule has 0 aliphatic carbocycles. The first kappa shape index (κ1) is 15.4. The van der Waals surface area contributed by atoms with Gasteiger partial charge in [0.05, 0.1) is 9.82 Å². The number of primary sulfonamides is 1. The zero-order chi connectivity index (χ0) is 15.6. The van der Waals surface area contributed by atoms with Crippen LogP contribution in [0.25, 0.3) is 0 Å². The van der Waals surface area contributed by atoms with Crippen LogP contribution in [0, 0.1) is 17.0 Å². The molecule has 0 aliphatic heterocycles. The summed E-state index contributed by atoms with van der Waals surface area (Å²) in [7, 11) is -3.76. The zero-order valence-corrected chi connectivity index (χ0v) is 12.7. The van der Waals surface area contributed by atoms with Gasteiger partial charge < -0.3 is 5.32 Å². The number of hydrogen-bond acceptors (Lipinski definition) is 6. The Hall–Kier alpha value is -1.97. The van der Waals surface area contributed by atoms with Crippen molar-refractivity contribution in [3.05, 3.63) is 50.9 Å². The number of sulfonamides is 1. The highest BCUT2D eigenvalue weighted by Crippen LogP contribution is 2.24. The minimum absolute atomic E-state index is 0.0203. The van der Waals surface area contributed by atoms with Gasteiger partial charge in [0.2, 0.25) is 10.0 Å². The molecule has 3 N–H and O–H groups in total. The second-order valence-corrected chi connectivity index (χ2v) is 6.88. The molecule has 2 rings (SSSR count). The summed E-state index contributed by atoms with van der Waals surface area (Å²) < 4.78 is 22.7. The van der Waals surface area contributed by atoms with Crippen molar-refractivity contribution in [3.8, 4) is 0 Å². The molecule has 21 heavy (non-hydrogen) atoms. The Labute approximate surface area is 125 Å². The summed E-state index contributed by atoms with van der Waals surface area (Å²) in [6, 6.07) is 6.02. The number of thiophene rings is 1. The van der Waals surface area contributed by atoms with E-state index in [9.17, 15) is 18.5 Å². The molecule has 0 atom stereocenters. The number of benzene rings is 1. The summed E-state index contributed by atoms with van der Waals surface area (Å²) in [4.78, 5) is 10.2. The highest BCUT2D eigenvalue weighted by Gasteiger charge is 2.12. The van der Waals surface area contributed by atoms with Crippen LogP contribution < -0.4 is 10.5 Å². The van der Waals surface area contributed by atoms with Gasteiger partial charge in [-0.25, -0.2) is 13.6 Å². The lowest BCUT2D eigenvalue weighted by Crippen LogP contribution is -2.12. The van der Waals surface area contributed by atoms with Crippen molar-refractivity contribution >= 4 is 32.0 Å². The van der Waals surface area contributed by atoms with Gasteiger partial charge in [0.15, 0.2) is 0 Å². The Morgan fingerprint density at radius 1 is 1.38 bits per heavy atom. The number of nitrogens with zero attached hydrogens (tertiary/aromatic N) is 1. The van der Waals surface area contributed by atoms with Crippen molar-refractivity contribution in [1.29, 1.82) is 0 Å². The molecule has 0 amide bonds. The third-order valence-electron chi connectivity index (χ3n) is 2.84. The molecular formula is C12H13N3O4S2. The average Bonchev–Trinajstić information content (AvgIpc) is 2.85. The van der Waals surface area contributed by atoms with Gasteiger partial charge >= 0.3 is 5.00 Å². The normalized spacial score (nSPS) is 11.3. The fourth-order valence-electron chi connectivity index (χ4n) is 1.72. The minimum atomic E-state index is -3.76. The number of nitro groups is 1. The van der Waals surface area contributed by atoms with Crippen LogP contribution >= 0.6 is 11.3 Å². The summed E-state index contributed by atoms with van der Waals surface area (Å²) >= 11 is 1.05. The van der Waals surface area contributed by atoms with Crippen LogP contribution in [-0.4, -0.2) is 13.3 Å². The second-order valence-electron chi connectivity index (χ2n) is 4.43. The average molecular weight is 327 g/mol. The van der Waals surface area contributed by atoms with Crippen LogP contribution in [0.1, 0.15) is 11.1 Å². The maximum absolute atomic E-state index is 11.3. The topological polar surface area (TPSA) is 115 Å². The first-order valence-electron chi connectivity index (χ1n) is 5.86. The third-order valence-corrected chi connectivity index (χ3v) is 4.68. The van der Waals surface area contributed by atoms with E-state index in [-0.39, 0.29) is 9.90 Å². The Morgan fingerprint density at radius 2 is 2.10 bits per heavy atom. The quantitative estimate of drug-likeness (QED) is 0.645. The van der Waals surface area contributed by atoms with E-state index in [4.69, 9.17) is 5.14 Å². The van der Waals surface area contributed by atoms with Gasteiger partial charge in [-0.05, 0) is 30.2 Å². The summed E-state index contributed by atoms with van der Waals surface area (Å²) in [5, 5.41) is 20.5. The van der Waals surface area contributed by atoms with E-state index in [1.165, 1.54) is 18.2 Å². The molecule has 1 heterocycles. The molecule has 0 radical (unpaired) electrons. The van der Waals surface area contributed by atoms with Crippen molar-refractivity contribution in [2.45, 2.75) is 18.4 Å². The highest BCUT2D eigenvalue weighted by molar-refractivity contribution is 7.89. The lowest BCUT2D eigenvalue weighted by Gasteiger charge is -2.10. The van der Waals surface area contributed by atoms with E-state index in [1.807, 2.05) is 6.92 Å². The van der Waals surface area contributed by atoms with Gasteiger partial charge in [-0.15, -0.1) is 0 Å². The lowest BCUT2D eigenvalue weighted by molar-refractivity contribution is -0.380. The molecule has 1 aromatic heterocycles. The van der Waals surface area contributed by atoms with Gasteiger partial charge in [0.1, 0.15) is 0 Å². The molecule has 0 unspecified atom stereocenters. The number of aryl methyl sites for hydroxylation is 1. The molecule has 1 aromatic carbocycles. The van der Waals surface area contributed by atoms with Crippen molar-refractivity contribution < 1.29 is 13.3 Å². The van der Waals surface area contributed by atoms with Gasteiger partial charge in [-0.2, -0.15) is 0 Å². The molecule has 112 valence electrons. The Bertz CT molecular complexity index is 784. The summed E-state index contributed by atoms with van der Waals surface area (Å²) in [5.41, 5.74) is 2.23. The molecule has 0 spiro atoms. The molecule has 0 saturated carbocycles. The number of nitrogens with one attached hydrogen (secondary N) is 1. The van der Waals surface area contributed by atoms with E-state index < -0.39 is 14.9 Å². The van der Waals surface area contributed by atoms with Gasteiger partial charge in [-0.3, -0.25) is 10.1 Å². The highest BCUT2D eigenvalue weighted by atomic mass is 32.2. The van der Waals surface area contributed by atoms with E-state index in [0.717, 1.165) is 22.5 Å². The summed E-state index contributed by atoms with van der Waals surface area (Å²) in [6.07, 6.45) is 0. The number of hydrogen-bond donors (Lipinski definition) is 2. The maximum Gasteiger partial charge on any atom is 0.324 e. The molecule has 2 aromatic rings. The minimum Gasteiger partial charge on any atom is -0.381 e. The molecule has 0 bridgehead atoms. The molecule has 9 heteroatoms. The molecular weight excluding hydrogens is 314 g/mol. The van der Waals surface area contributed by atoms with Crippen LogP contribution in [0.4, 0.5) is 10.7 Å². The Kier molecular flexibility index (Phi) is 4.26. The fraction of sp³-hybridized carbons (Fsp3) is 0.167. The first-order valence-corrected chi connectivity index (χ1v) is 8.29. The van der Waals surface area contributed by atoms with Gasteiger partial charge in [0, 0.05) is 23.7 Å². The first-order chi connectivity index (χ1) is 9.77. The Morgan fingerprint density at radius 3 is 2.67 bits per heavy atom. The number of rotatable bonds is 5. The summed E-state index contributed by atoms with van der Waals surface area (Å²) in [5.74, 6) is 0. The standard InChI is InChI=1S/C12H13N3O4S2/c1-8-2-3-10(21(13,18)19)5-11(8)14-6-9-4-12(15(16)17)20-7-9/h2-5,7,14H,6H2,1H3,(H2,13,18,19). The molecule has 7 nitrogen and oxygen atoms in total. The SMILES string of the molecule is Cc1ccc(S(N)(=O)=O)cc1NCc1csc([N+](=O)[O-])c1. The summed E-state index contributed by atoms with van der Waals surface area (Å²) in [6.45, 7) is 2.19. The molecule has 0 aliphatic rings. The number of nitrogens with two attached hydrogens (primary N) is 1. The molecule has 0 fully saturated rings. The smallest absolute Gasteiger partial charge is 0.324 e. The van der Waals surface area contributed by atoms with Crippen molar-refractivity contribution in [1.82, 2.24) is 0 Å². The van der Waals surface area contributed by atoms with E-state index >= 15 is 0 Å². The van der Waals surface area contributed by atoms with Crippen LogP contribution in [0.5, 0.6) is 0 Å². The van der Waals surface area contributed by atoms with Gasteiger partial charge in [0.25, 0.3) is 0 Å². The second kappa shape index (κ2) is 5.80. The number of anilines is 1. The van der Waals surface area contributed by atoms with Crippen LogP contribution in [-0.2, 0) is 16.6 Å². The maximum atomic E-state index is 11.3.